The maximum absolute atomic E-state index is 2.20. The van der Waals surface area contributed by atoms with E-state index in [9.17, 15) is 0 Å². The largest absolute Gasteiger partial charge is 0.219 e. The van der Waals surface area contributed by atoms with Crippen LogP contribution in [0.15, 0.2) is 47.4 Å². The first-order chi connectivity index (χ1) is 6.45. The fourth-order valence-corrected chi connectivity index (χ4v) is 2.43. The summed E-state index contributed by atoms with van der Waals surface area (Å²) in [5.41, 5.74) is 1.28. The van der Waals surface area contributed by atoms with Crippen LogP contribution in [0.2, 0.25) is 0 Å². The lowest BCUT2D eigenvalue weighted by Crippen LogP contribution is -2.19. The normalized spacial score (nSPS) is 11.1. The molecule has 0 saturated heterocycles. The van der Waals surface area contributed by atoms with E-state index in [1.807, 2.05) is 6.07 Å². The molecule has 3 aromatic heterocycles. The molecule has 0 N–H and O–H groups in total. The molecule has 0 atom stereocenters. The van der Waals surface area contributed by atoms with Crippen molar-refractivity contribution in [2.75, 3.05) is 0 Å². The van der Waals surface area contributed by atoms with Gasteiger partial charge in [-0.15, -0.1) is 0 Å². The zero-order valence-corrected chi connectivity index (χ0v) is 7.79. The van der Waals surface area contributed by atoms with Crippen LogP contribution in [0, 0.1) is 0 Å². The van der Waals surface area contributed by atoms with E-state index in [2.05, 4.69) is 45.8 Å². The highest BCUT2D eigenvalue weighted by Gasteiger charge is 2.05. The summed E-state index contributed by atoms with van der Waals surface area (Å²) in [5.74, 6) is 0. The highest BCUT2D eigenvalue weighted by Crippen LogP contribution is 2.20. The molecular weight excluding hydrogens is 178 g/mol. The second kappa shape index (κ2) is 2.54. The number of pyridine rings is 2. The molecule has 0 saturated carbocycles. The van der Waals surface area contributed by atoms with Crippen molar-refractivity contribution >= 4 is 27.6 Å². The number of thiophene rings is 1. The number of fused-ring (bicyclic) bond motifs is 3. The summed E-state index contributed by atoms with van der Waals surface area (Å²) in [6.45, 7) is 0. The molecule has 0 aliphatic carbocycles. The molecule has 0 aromatic carbocycles. The Balaban J connectivity index is 2.65. The maximum atomic E-state index is 2.20. The third kappa shape index (κ3) is 0.956. The van der Waals surface area contributed by atoms with E-state index >= 15 is 0 Å². The third-order valence-electron chi connectivity index (χ3n) is 2.27. The van der Waals surface area contributed by atoms with Crippen LogP contribution >= 0.6 is 11.3 Å². The van der Waals surface area contributed by atoms with Gasteiger partial charge >= 0.3 is 0 Å². The highest BCUT2D eigenvalue weighted by atomic mass is 32.1. The molecule has 0 aliphatic rings. The molecule has 3 aromatic rings. The van der Waals surface area contributed by atoms with Gasteiger partial charge in [0.15, 0.2) is 12.4 Å². The number of hydrogen-bond donors (Lipinski definition) is 0. The molecule has 0 unspecified atom stereocenters. The Morgan fingerprint density at radius 3 is 3.00 bits per heavy atom. The molecule has 3 heterocycles. The van der Waals surface area contributed by atoms with Gasteiger partial charge in [-0.3, -0.25) is 0 Å². The van der Waals surface area contributed by atoms with Gasteiger partial charge in [0.2, 0.25) is 5.52 Å². The first-order valence-corrected chi connectivity index (χ1v) is 5.14. The van der Waals surface area contributed by atoms with E-state index in [0.29, 0.717) is 0 Å². The summed E-state index contributed by atoms with van der Waals surface area (Å²) in [4.78, 5) is 0. The zero-order valence-electron chi connectivity index (χ0n) is 6.97. The van der Waals surface area contributed by atoms with Crippen molar-refractivity contribution in [1.29, 1.82) is 0 Å². The van der Waals surface area contributed by atoms with Gasteiger partial charge in [0.1, 0.15) is 0 Å². The minimum atomic E-state index is 1.28. The van der Waals surface area contributed by atoms with E-state index in [1.165, 1.54) is 16.3 Å². The minimum absolute atomic E-state index is 1.28. The van der Waals surface area contributed by atoms with Crippen LogP contribution in [0.5, 0.6) is 0 Å². The monoisotopic (exact) mass is 186 g/mol. The predicted octanol–water partition coefficient (Wildman–Crippen LogP) is 2.64. The topological polar surface area (TPSA) is 4.10 Å². The summed E-state index contributed by atoms with van der Waals surface area (Å²) in [7, 11) is 0. The van der Waals surface area contributed by atoms with Gasteiger partial charge in [0.25, 0.3) is 0 Å². The van der Waals surface area contributed by atoms with Crippen molar-refractivity contribution in [1.82, 2.24) is 0 Å². The Morgan fingerprint density at radius 1 is 1.00 bits per heavy atom. The summed E-state index contributed by atoms with van der Waals surface area (Å²) < 4.78 is 2.15. The van der Waals surface area contributed by atoms with Crippen molar-refractivity contribution < 1.29 is 4.40 Å². The standard InChI is InChI=1S/C11H8NS/c1-2-5-12-6-4-9-7-13-8-10(9)11(12)3-1/h1-8H/q+1. The van der Waals surface area contributed by atoms with Gasteiger partial charge in [-0.1, -0.05) is 0 Å². The van der Waals surface area contributed by atoms with Crippen molar-refractivity contribution in [3.63, 3.8) is 0 Å². The molecule has 0 aliphatic heterocycles. The summed E-state index contributed by atoms with van der Waals surface area (Å²) in [6.07, 6.45) is 4.18. The summed E-state index contributed by atoms with van der Waals surface area (Å²) in [5, 5.41) is 7.05. The average molecular weight is 186 g/mol. The van der Waals surface area contributed by atoms with Gasteiger partial charge in [0, 0.05) is 29.0 Å². The van der Waals surface area contributed by atoms with Gasteiger partial charge < -0.3 is 0 Å². The summed E-state index contributed by atoms with van der Waals surface area (Å²) >= 11 is 1.75. The molecule has 1 nitrogen and oxygen atoms in total. The molecule has 62 valence electrons. The van der Waals surface area contributed by atoms with Crippen molar-refractivity contribution in [3.8, 4) is 0 Å². The van der Waals surface area contributed by atoms with Crippen LogP contribution in [0.25, 0.3) is 16.3 Å². The molecule has 0 spiro atoms. The van der Waals surface area contributed by atoms with Gasteiger partial charge in [-0.2, -0.15) is 15.7 Å². The van der Waals surface area contributed by atoms with Gasteiger partial charge in [0.05, 0.1) is 5.39 Å². The zero-order chi connectivity index (χ0) is 8.67. The van der Waals surface area contributed by atoms with E-state index < -0.39 is 0 Å². The second-order valence-electron chi connectivity index (χ2n) is 3.05. The van der Waals surface area contributed by atoms with Crippen LogP contribution in [0.4, 0.5) is 0 Å². The van der Waals surface area contributed by atoms with Crippen molar-refractivity contribution in [3.05, 3.63) is 47.4 Å². The predicted molar refractivity (Wildman–Crippen MR) is 55.0 cm³/mol. The summed E-state index contributed by atoms with van der Waals surface area (Å²) in [6, 6.07) is 8.42. The smallest absolute Gasteiger partial charge is 0.167 e. The van der Waals surface area contributed by atoms with Crippen molar-refractivity contribution in [2.45, 2.75) is 0 Å². The van der Waals surface area contributed by atoms with Crippen LogP contribution in [-0.2, 0) is 0 Å². The Kier molecular flexibility index (Phi) is 1.37. The molecular formula is C11H8NS+. The van der Waals surface area contributed by atoms with E-state index in [1.54, 1.807) is 11.3 Å². The highest BCUT2D eigenvalue weighted by molar-refractivity contribution is 7.09. The Morgan fingerprint density at radius 2 is 2.00 bits per heavy atom. The molecule has 0 radical (unpaired) electrons. The lowest BCUT2D eigenvalue weighted by atomic mass is 10.2. The number of hydrogen-bond acceptors (Lipinski definition) is 1. The second-order valence-corrected chi connectivity index (χ2v) is 3.79. The van der Waals surface area contributed by atoms with Gasteiger partial charge in [-0.25, -0.2) is 0 Å². The Labute approximate surface area is 79.9 Å². The molecule has 0 bridgehead atoms. The molecule has 3 rings (SSSR count). The van der Waals surface area contributed by atoms with E-state index in [4.69, 9.17) is 0 Å². The lowest BCUT2D eigenvalue weighted by Gasteiger charge is -1.90. The lowest BCUT2D eigenvalue weighted by molar-refractivity contribution is -0.510. The van der Waals surface area contributed by atoms with E-state index in [0.717, 1.165) is 0 Å². The third-order valence-corrected chi connectivity index (χ3v) is 3.03. The number of rotatable bonds is 0. The quantitative estimate of drug-likeness (QED) is 0.475. The molecule has 13 heavy (non-hydrogen) atoms. The fourth-order valence-electron chi connectivity index (χ4n) is 1.62. The average Bonchev–Trinajstić information content (AvgIpc) is 2.65. The van der Waals surface area contributed by atoms with Crippen LogP contribution in [0.3, 0.4) is 0 Å². The molecule has 2 heteroatoms. The first kappa shape index (κ1) is 7.04. The van der Waals surface area contributed by atoms with E-state index in [-0.39, 0.29) is 0 Å². The SMILES string of the molecule is c1cc[n+]2ccc3cscc3c2c1. The maximum Gasteiger partial charge on any atom is 0.219 e. The first-order valence-electron chi connectivity index (χ1n) is 4.20. The number of nitrogens with zero attached hydrogens (tertiary/aromatic N) is 1. The molecule has 0 amide bonds. The minimum Gasteiger partial charge on any atom is -0.167 e. The molecule has 0 fully saturated rings. The Hall–Kier alpha value is -1.41. The fraction of sp³-hybridized carbons (Fsp3) is 0. The van der Waals surface area contributed by atoms with Gasteiger partial charge in [-0.05, 0) is 11.4 Å². The van der Waals surface area contributed by atoms with Crippen LogP contribution in [-0.4, -0.2) is 0 Å². The van der Waals surface area contributed by atoms with Crippen LogP contribution in [0.1, 0.15) is 0 Å². The number of aromatic nitrogens is 1. The van der Waals surface area contributed by atoms with Crippen LogP contribution < -0.4 is 4.40 Å². The van der Waals surface area contributed by atoms with Crippen molar-refractivity contribution in [2.24, 2.45) is 0 Å². The Bertz CT molecular complexity index is 568.